The average Bonchev–Trinajstić information content (AvgIpc) is 3.49. The van der Waals surface area contributed by atoms with Crippen molar-refractivity contribution in [1.82, 2.24) is 14.8 Å². The molecule has 3 aromatic rings. The summed E-state index contributed by atoms with van der Waals surface area (Å²) >= 11 is 7.55. The van der Waals surface area contributed by atoms with Crippen LogP contribution in [0.3, 0.4) is 0 Å². The van der Waals surface area contributed by atoms with E-state index in [9.17, 15) is 9.59 Å². The standard InChI is InChI=1S/C23H21ClN4O3S/c1-27-18-9-6-14(10-15(18)11-22(27)30)19(29)13-32-23-26-25-21(28(23)16-7-8-16)12-31-20-5-3-2-4-17(20)24/h2-6,9-10,16H,7-8,11-13H2,1H3. The highest BCUT2D eigenvalue weighted by atomic mass is 35.5. The fourth-order valence-corrected chi connectivity index (χ4v) is 4.87. The number of hydrogen-bond acceptors (Lipinski definition) is 6. The lowest BCUT2D eigenvalue weighted by Crippen LogP contribution is -2.20. The van der Waals surface area contributed by atoms with Gasteiger partial charge in [-0.1, -0.05) is 35.5 Å². The molecule has 2 aromatic carbocycles. The highest BCUT2D eigenvalue weighted by Gasteiger charge is 2.30. The van der Waals surface area contributed by atoms with E-state index in [4.69, 9.17) is 16.3 Å². The van der Waals surface area contributed by atoms with Crippen molar-refractivity contribution in [3.05, 3.63) is 64.4 Å². The lowest BCUT2D eigenvalue weighted by atomic mass is 10.1. The van der Waals surface area contributed by atoms with Crippen molar-refractivity contribution in [2.24, 2.45) is 0 Å². The molecular weight excluding hydrogens is 448 g/mol. The number of benzene rings is 2. The van der Waals surface area contributed by atoms with Crippen LogP contribution in [0.2, 0.25) is 5.02 Å². The zero-order chi connectivity index (χ0) is 22.2. The van der Waals surface area contributed by atoms with Gasteiger partial charge in [-0.15, -0.1) is 10.2 Å². The number of nitrogens with zero attached hydrogens (tertiary/aromatic N) is 4. The minimum absolute atomic E-state index is 0.000911. The summed E-state index contributed by atoms with van der Waals surface area (Å²) in [4.78, 5) is 26.3. The molecule has 1 aliphatic heterocycles. The fraction of sp³-hybridized carbons (Fsp3) is 0.304. The van der Waals surface area contributed by atoms with Gasteiger partial charge in [-0.2, -0.15) is 0 Å². The molecule has 5 rings (SSSR count). The number of hydrogen-bond donors (Lipinski definition) is 0. The van der Waals surface area contributed by atoms with Gasteiger partial charge in [0.1, 0.15) is 12.4 Å². The van der Waals surface area contributed by atoms with Crippen LogP contribution in [0.5, 0.6) is 5.75 Å². The molecule has 164 valence electrons. The van der Waals surface area contributed by atoms with Gasteiger partial charge in [0, 0.05) is 24.3 Å². The van der Waals surface area contributed by atoms with Crippen LogP contribution >= 0.6 is 23.4 Å². The number of ketones is 1. The maximum absolute atomic E-state index is 12.8. The van der Waals surface area contributed by atoms with Crippen LogP contribution < -0.4 is 9.64 Å². The SMILES string of the molecule is CN1C(=O)Cc2cc(C(=O)CSc3nnc(COc4ccccc4Cl)n3C3CC3)ccc21. The van der Waals surface area contributed by atoms with Gasteiger partial charge >= 0.3 is 0 Å². The molecule has 2 aliphatic rings. The molecule has 0 atom stereocenters. The molecule has 0 spiro atoms. The summed E-state index contributed by atoms with van der Waals surface area (Å²) in [6.45, 7) is 0.258. The largest absolute Gasteiger partial charge is 0.484 e. The van der Waals surface area contributed by atoms with Gasteiger partial charge in [0.15, 0.2) is 16.8 Å². The second-order valence-corrected chi connectivity index (χ2v) is 9.25. The van der Waals surface area contributed by atoms with E-state index < -0.39 is 0 Å². The van der Waals surface area contributed by atoms with Gasteiger partial charge in [-0.3, -0.25) is 14.2 Å². The summed E-state index contributed by atoms with van der Waals surface area (Å²) < 4.78 is 7.92. The van der Waals surface area contributed by atoms with Crippen molar-refractivity contribution in [3.63, 3.8) is 0 Å². The molecule has 2 heterocycles. The highest BCUT2D eigenvalue weighted by Crippen LogP contribution is 2.39. The number of fused-ring (bicyclic) bond motifs is 1. The first-order chi connectivity index (χ1) is 15.5. The molecule has 0 bridgehead atoms. The molecular formula is C23H21ClN4O3S. The lowest BCUT2D eigenvalue weighted by molar-refractivity contribution is -0.117. The van der Waals surface area contributed by atoms with Crippen LogP contribution in [0.1, 0.15) is 40.6 Å². The summed E-state index contributed by atoms with van der Waals surface area (Å²) in [5.41, 5.74) is 2.38. The van der Waals surface area contributed by atoms with Crippen LogP contribution in [0, 0.1) is 0 Å². The molecule has 1 saturated carbocycles. The summed E-state index contributed by atoms with van der Waals surface area (Å²) in [5.74, 6) is 1.62. The van der Waals surface area contributed by atoms with E-state index in [1.54, 1.807) is 24.1 Å². The maximum Gasteiger partial charge on any atom is 0.231 e. The number of rotatable bonds is 8. The third-order valence-electron chi connectivity index (χ3n) is 5.65. The first-order valence-electron chi connectivity index (χ1n) is 10.4. The van der Waals surface area contributed by atoms with Crippen LogP contribution in [0.25, 0.3) is 0 Å². The van der Waals surface area contributed by atoms with Crippen molar-refractivity contribution in [3.8, 4) is 5.75 Å². The number of amides is 1. The first kappa shape index (κ1) is 21.0. The molecule has 1 aromatic heterocycles. The van der Waals surface area contributed by atoms with Crippen LogP contribution in [-0.4, -0.2) is 39.3 Å². The predicted molar refractivity (Wildman–Crippen MR) is 123 cm³/mol. The van der Waals surface area contributed by atoms with E-state index in [0.29, 0.717) is 28.8 Å². The summed E-state index contributed by atoms with van der Waals surface area (Å²) in [6.07, 6.45) is 2.46. The molecule has 0 unspecified atom stereocenters. The van der Waals surface area contributed by atoms with E-state index in [1.807, 2.05) is 30.3 Å². The molecule has 1 aliphatic carbocycles. The lowest BCUT2D eigenvalue weighted by Gasteiger charge is -2.11. The summed E-state index contributed by atoms with van der Waals surface area (Å²) in [7, 11) is 1.75. The molecule has 0 radical (unpaired) electrons. The van der Waals surface area contributed by atoms with E-state index in [2.05, 4.69) is 14.8 Å². The Kier molecular flexibility index (Phi) is 5.65. The molecule has 1 fully saturated rings. The molecule has 7 nitrogen and oxygen atoms in total. The summed E-state index contributed by atoms with van der Waals surface area (Å²) in [5, 5.41) is 9.89. The van der Waals surface area contributed by atoms with E-state index in [-0.39, 0.29) is 24.1 Å². The Hall–Kier alpha value is -2.84. The fourth-order valence-electron chi connectivity index (χ4n) is 3.76. The van der Waals surface area contributed by atoms with Gasteiger partial charge in [0.2, 0.25) is 5.91 Å². The zero-order valence-electron chi connectivity index (χ0n) is 17.5. The topological polar surface area (TPSA) is 77.3 Å². The number of carbonyl (C=O) groups is 2. The molecule has 0 saturated heterocycles. The van der Waals surface area contributed by atoms with E-state index >= 15 is 0 Å². The number of Topliss-reactive ketones (excluding diaryl/α,β-unsaturated/α-hetero) is 1. The quantitative estimate of drug-likeness (QED) is 0.361. The van der Waals surface area contributed by atoms with Crippen LogP contribution in [0.15, 0.2) is 47.6 Å². The van der Waals surface area contributed by atoms with Gasteiger partial charge in [-0.05, 0) is 48.7 Å². The third-order valence-corrected chi connectivity index (χ3v) is 6.91. The normalized spacial score (nSPS) is 15.2. The Labute approximate surface area is 194 Å². The molecule has 32 heavy (non-hydrogen) atoms. The number of ether oxygens (including phenoxy) is 1. The number of thioether (sulfide) groups is 1. The number of para-hydroxylation sites is 1. The molecule has 1 amide bonds. The van der Waals surface area contributed by atoms with Crippen LogP contribution in [-0.2, 0) is 17.8 Å². The number of anilines is 1. The van der Waals surface area contributed by atoms with Crippen molar-refractivity contribution < 1.29 is 14.3 Å². The van der Waals surface area contributed by atoms with Crippen LogP contribution in [0.4, 0.5) is 5.69 Å². The number of likely N-dealkylation sites (N-methyl/N-ethyl adjacent to an activating group) is 1. The summed E-state index contributed by atoms with van der Waals surface area (Å²) in [6, 6.07) is 13.1. The zero-order valence-corrected chi connectivity index (χ0v) is 19.0. The van der Waals surface area contributed by atoms with E-state index in [0.717, 1.165) is 35.1 Å². The Bertz CT molecular complexity index is 1210. The van der Waals surface area contributed by atoms with E-state index in [1.165, 1.54) is 11.8 Å². The Morgan fingerprint density at radius 1 is 1.22 bits per heavy atom. The second kappa shape index (κ2) is 8.60. The van der Waals surface area contributed by atoms with Gasteiger partial charge in [0.25, 0.3) is 0 Å². The Morgan fingerprint density at radius 2 is 2.03 bits per heavy atom. The van der Waals surface area contributed by atoms with Crippen molar-refractivity contribution >= 4 is 40.7 Å². The van der Waals surface area contributed by atoms with Crippen molar-refractivity contribution in [2.45, 2.75) is 37.1 Å². The highest BCUT2D eigenvalue weighted by molar-refractivity contribution is 7.99. The maximum atomic E-state index is 12.8. The molecule has 0 N–H and O–H groups in total. The van der Waals surface area contributed by atoms with Gasteiger partial charge in [0.05, 0.1) is 17.2 Å². The minimum Gasteiger partial charge on any atom is -0.484 e. The van der Waals surface area contributed by atoms with Gasteiger partial charge < -0.3 is 9.64 Å². The predicted octanol–water partition coefficient (Wildman–Crippen LogP) is 4.34. The molecule has 9 heteroatoms. The van der Waals surface area contributed by atoms with Crippen molar-refractivity contribution in [1.29, 1.82) is 0 Å². The third kappa shape index (κ3) is 4.12. The minimum atomic E-state index is -0.000911. The smallest absolute Gasteiger partial charge is 0.231 e. The number of halogens is 1. The average molecular weight is 469 g/mol. The van der Waals surface area contributed by atoms with Gasteiger partial charge in [-0.25, -0.2) is 0 Å². The second-order valence-electron chi connectivity index (χ2n) is 7.90. The first-order valence-corrected chi connectivity index (χ1v) is 11.7. The Morgan fingerprint density at radius 3 is 2.81 bits per heavy atom. The monoisotopic (exact) mass is 468 g/mol. The number of carbonyl (C=O) groups excluding carboxylic acids is 2. The number of aromatic nitrogens is 3. The Balaban J connectivity index is 1.27. The van der Waals surface area contributed by atoms with Crippen molar-refractivity contribution in [2.75, 3.05) is 17.7 Å².